The molecule has 2 aliphatic carbocycles. The van der Waals surface area contributed by atoms with Crippen LogP contribution in [0.15, 0.2) is 30.0 Å². The lowest BCUT2D eigenvalue weighted by atomic mass is 9.78. The van der Waals surface area contributed by atoms with Gasteiger partial charge in [0.2, 0.25) is 0 Å². The molecule has 2 heteroatoms. The predicted molar refractivity (Wildman–Crippen MR) is 69.8 cm³/mol. The molecule has 1 aromatic heterocycles. The molecule has 1 aromatic rings. The van der Waals surface area contributed by atoms with E-state index in [1.165, 1.54) is 43.4 Å². The first kappa shape index (κ1) is 11.0. The van der Waals surface area contributed by atoms with Crippen molar-refractivity contribution in [3.05, 3.63) is 41.2 Å². The third-order valence-corrected chi connectivity index (χ3v) is 4.07. The maximum Gasteiger partial charge on any atom is 0.0506 e. The van der Waals surface area contributed by atoms with Crippen molar-refractivity contribution < 1.29 is 0 Å². The van der Waals surface area contributed by atoms with Crippen LogP contribution < -0.4 is 5.73 Å². The van der Waals surface area contributed by atoms with E-state index in [-0.39, 0.29) is 6.04 Å². The minimum atomic E-state index is 0.271. The Morgan fingerprint density at radius 1 is 1.18 bits per heavy atom. The summed E-state index contributed by atoms with van der Waals surface area (Å²) in [4.78, 5) is 4.62. The molecule has 2 nitrogen and oxygen atoms in total. The van der Waals surface area contributed by atoms with Crippen LogP contribution in [0.4, 0.5) is 0 Å². The largest absolute Gasteiger partial charge is 0.324 e. The molecule has 0 amide bonds. The second kappa shape index (κ2) is 4.61. The lowest BCUT2D eigenvalue weighted by Crippen LogP contribution is -2.23. The molecule has 0 saturated carbocycles. The number of fused-ring (bicyclic) bond motifs is 1. The lowest BCUT2D eigenvalue weighted by molar-refractivity contribution is 0.533. The highest BCUT2D eigenvalue weighted by Gasteiger charge is 2.26. The average Bonchev–Trinajstić information content (AvgIpc) is 2.38. The third-order valence-electron chi connectivity index (χ3n) is 4.07. The summed E-state index contributed by atoms with van der Waals surface area (Å²) >= 11 is 0. The summed E-state index contributed by atoms with van der Waals surface area (Å²) in [6.45, 7) is 0. The van der Waals surface area contributed by atoms with Gasteiger partial charge in [0, 0.05) is 18.2 Å². The van der Waals surface area contributed by atoms with E-state index in [1.54, 1.807) is 5.57 Å². The van der Waals surface area contributed by atoms with E-state index in [0.29, 0.717) is 5.92 Å². The van der Waals surface area contributed by atoms with Crippen LogP contribution in [0.25, 0.3) is 0 Å². The molecular formula is C15H20N2. The van der Waals surface area contributed by atoms with Crippen molar-refractivity contribution in [2.45, 2.75) is 50.5 Å². The zero-order valence-electron chi connectivity index (χ0n) is 10.2. The topological polar surface area (TPSA) is 38.9 Å². The molecule has 1 heterocycles. The molecule has 0 fully saturated rings. The molecule has 2 atom stereocenters. The second-order valence-electron chi connectivity index (χ2n) is 5.29. The molecule has 2 unspecified atom stereocenters. The van der Waals surface area contributed by atoms with Crippen molar-refractivity contribution in [2.75, 3.05) is 0 Å². The van der Waals surface area contributed by atoms with Gasteiger partial charge in [-0.1, -0.05) is 17.7 Å². The number of pyridine rings is 1. The van der Waals surface area contributed by atoms with Crippen LogP contribution in [0.1, 0.15) is 49.3 Å². The van der Waals surface area contributed by atoms with Crippen molar-refractivity contribution >= 4 is 0 Å². The molecule has 0 spiro atoms. The summed E-state index contributed by atoms with van der Waals surface area (Å²) in [5.74, 6) is 0.547. The summed E-state index contributed by atoms with van der Waals surface area (Å²) in [7, 11) is 0. The van der Waals surface area contributed by atoms with Gasteiger partial charge in [-0.05, 0) is 50.2 Å². The van der Waals surface area contributed by atoms with E-state index >= 15 is 0 Å². The Hall–Kier alpha value is -1.15. The SMILES string of the molecule is NC1C=C(C2CCCc3cccnc32)CCC1. The van der Waals surface area contributed by atoms with Crippen LogP contribution in [0.3, 0.4) is 0 Å². The highest BCUT2D eigenvalue weighted by molar-refractivity contribution is 5.34. The van der Waals surface area contributed by atoms with Crippen LogP contribution in [-0.4, -0.2) is 11.0 Å². The Labute approximate surface area is 103 Å². The van der Waals surface area contributed by atoms with Crippen molar-refractivity contribution in [2.24, 2.45) is 5.73 Å². The maximum atomic E-state index is 6.05. The fourth-order valence-corrected chi connectivity index (χ4v) is 3.24. The number of rotatable bonds is 1. The summed E-state index contributed by atoms with van der Waals surface area (Å²) in [5.41, 5.74) is 10.4. The standard InChI is InChI=1S/C15H20N2/c16-13-7-1-5-12(10-13)14-8-2-4-11-6-3-9-17-15(11)14/h3,6,9-10,13-14H,1-2,4-5,7-8,16H2. The van der Waals surface area contributed by atoms with E-state index in [0.717, 1.165) is 6.42 Å². The van der Waals surface area contributed by atoms with Crippen LogP contribution in [0, 0.1) is 0 Å². The van der Waals surface area contributed by atoms with Gasteiger partial charge in [0.05, 0.1) is 5.69 Å². The van der Waals surface area contributed by atoms with E-state index in [4.69, 9.17) is 5.73 Å². The van der Waals surface area contributed by atoms with E-state index in [2.05, 4.69) is 23.2 Å². The average molecular weight is 228 g/mol. The minimum absolute atomic E-state index is 0.271. The Bertz CT molecular complexity index is 436. The molecule has 0 aromatic carbocycles. The Morgan fingerprint density at radius 3 is 2.94 bits per heavy atom. The van der Waals surface area contributed by atoms with E-state index in [1.807, 2.05) is 6.20 Å². The summed E-state index contributed by atoms with van der Waals surface area (Å²) in [6, 6.07) is 4.56. The van der Waals surface area contributed by atoms with Crippen LogP contribution in [0.2, 0.25) is 0 Å². The summed E-state index contributed by atoms with van der Waals surface area (Å²) in [6.07, 6.45) is 11.6. The monoisotopic (exact) mass is 228 g/mol. The van der Waals surface area contributed by atoms with Gasteiger partial charge in [-0.15, -0.1) is 0 Å². The fourth-order valence-electron chi connectivity index (χ4n) is 3.24. The molecular weight excluding hydrogens is 208 g/mol. The second-order valence-corrected chi connectivity index (χ2v) is 5.29. The molecule has 90 valence electrons. The quantitative estimate of drug-likeness (QED) is 0.751. The Morgan fingerprint density at radius 2 is 2.06 bits per heavy atom. The Kier molecular flexibility index (Phi) is 2.98. The van der Waals surface area contributed by atoms with Gasteiger partial charge in [-0.25, -0.2) is 0 Å². The molecule has 0 bridgehead atoms. The predicted octanol–water partition coefficient (Wildman–Crippen LogP) is 2.94. The van der Waals surface area contributed by atoms with Gasteiger partial charge in [0.15, 0.2) is 0 Å². The lowest BCUT2D eigenvalue weighted by Gasteiger charge is -2.29. The van der Waals surface area contributed by atoms with Gasteiger partial charge < -0.3 is 5.73 Å². The van der Waals surface area contributed by atoms with E-state index in [9.17, 15) is 0 Å². The van der Waals surface area contributed by atoms with Crippen molar-refractivity contribution in [1.82, 2.24) is 4.98 Å². The number of allylic oxidation sites excluding steroid dienone is 1. The molecule has 0 aliphatic heterocycles. The van der Waals surface area contributed by atoms with Crippen LogP contribution in [-0.2, 0) is 6.42 Å². The fraction of sp³-hybridized carbons (Fsp3) is 0.533. The number of nitrogens with zero attached hydrogens (tertiary/aromatic N) is 1. The first-order valence-corrected chi connectivity index (χ1v) is 6.74. The molecule has 2 aliphatic rings. The number of hydrogen-bond acceptors (Lipinski definition) is 2. The van der Waals surface area contributed by atoms with Gasteiger partial charge in [0.1, 0.15) is 0 Å². The first-order valence-electron chi connectivity index (χ1n) is 6.74. The maximum absolute atomic E-state index is 6.05. The molecule has 2 N–H and O–H groups in total. The third kappa shape index (κ3) is 2.14. The molecule has 0 radical (unpaired) electrons. The van der Waals surface area contributed by atoms with Crippen molar-refractivity contribution in [1.29, 1.82) is 0 Å². The highest BCUT2D eigenvalue weighted by atomic mass is 14.7. The van der Waals surface area contributed by atoms with Crippen molar-refractivity contribution in [3.63, 3.8) is 0 Å². The van der Waals surface area contributed by atoms with Crippen LogP contribution in [0.5, 0.6) is 0 Å². The van der Waals surface area contributed by atoms with Gasteiger partial charge in [-0.3, -0.25) is 4.98 Å². The Balaban J connectivity index is 1.95. The summed E-state index contributed by atoms with van der Waals surface area (Å²) in [5, 5.41) is 0. The number of nitrogens with two attached hydrogens (primary N) is 1. The first-order chi connectivity index (χ1) is 8.34. The smallest absolute Gasteiger partial charge is 0.0506 e. The normalized spacial score (nSPS) is 28.4. The number of aromatic nitrogens is 1. The van der Waals surface area contributed by atoms with E-state index < -0.39 is 0 Å². The minimum Gasteiger partial charge on any atom is -0.324 e. The van der Waals surface area contributed by atoms with Gasteiger partial charge in [-0.2, -0.15) is 0 Å². The van der Waals surface area contributed by atoms with Crippen LogP contribution >= 0.6 is 0 Å². The van der Waals surface area contributed by atoms with Gasteiger partial charge in [0.25, 0.3) is 0 Å². The summed E-state index contributed by atoms with van der Waals surface area (Å²) < 4.78 is 0. The number of hydrogen-bond donors (Lipinski definition) is 1. The zero-order valence-corrected chi connectivity index (χ0v) is 10.2. The molecule has 0 saturated heterocycles. The molecule has 17 heavy (non-hydrogen) atoms. The van der Waals surface area contributed by atoms with Crippen molar-refractivity contribution in [3.8, 4) is 0 Å². The zero-order chi connectivity index (χ0) is 11.7. The number of aryl methyl sites for hydroxylation is 1. The molecule has 3 rings (SSSR count). The highest BCUT2D eigenvalue weighted by Crippen LogP contribution is 2.38. The van der Waals surface area contributed by atoms with Gasteiger partial charge >= 0.3 is 0 Å².